The summed E-state index contributed by atoms with van der Waals surface area (Å²) in [5.41, 5.74) is -0.513. The van der Waals surface area contributed by atoms with Gasteiger partial charge >= 0.3 is 5.97 Å². The molecule has 0 bridgehead atoms. The Hall–Kier alpha value is -0.330. The molecule has 1 amide bonds. The summed E-state index contributed by atoms with van der Waals surface area (Å²) in [6, 6.07) is -0.587. The minimum atomic E-state index is -0.587. The van der Waals surface area contributed by atoms with Gasteiger partial charge in [0.2, 0.25) is 5.91 Å². The summed E-state index contributed by atoms with van der Waals surface area (Å²) in [6.45, 7) is 6.98. The molecule has 0 spiro atoms. The Bertz CT molecular complexity index is 223. The van der Waals surface area contributed by atoms with Crippen LogP contribution in [-0.2, 0) is 14.3 Å². The Balaban J connectivity index is 4.07. The van der Waals surface area contributed by atoms with E-state index in [4.69, 9.17) is 4.74 Å². The molecule has 0 aliphatic rings. The second kappa shape index (κ2) is 5.53. The van der Waals surface area contributed by atoms with Crippen molar-refractivity contribution < 1.29 is 14.3 Å². The fourth-order valence-electron chi connectivity index (χ4n) is 0.729. The van der Waals surface area contributed by atoms with Crippen LogP contribution in [-0.4, -0.2) is 27.9 Å². The van der Waals surface area contributed by atoms with Crippen molar-refractivity contribution in [3.63, 3.8) is 0 Å². The van der Waals surface area contributed by atoms with Crippen LogP contribution in [0, 0.1) is 0 Å². The molecule has 0 aliphatic heterocycles. The summed E-state index contributed by atoms with van der Waals surface area (Å²) in [5, 5.41) is 2.53. The number of hydrogen-bond acceptors (Lipinski definition) is 3. The molecule has 1 N–H and O–H groups in total. The molecule has 0 aromatic heterocycles. The maximum absolute atomic E-state index is 11.4. The number of nitrogens with one attached hydrogen (secondary N) is 1. The number of halogens is 1. The van der Waals surface area contributed by atoms with E-state index >= 15 is 0 Å². The predicted molar refractivity (Wildman–Crippen MR) is 62.3 cm³/mol. The molecule has 82 valence electrons. The smallest absolute Gasteiger partial charge is 0.328 e. The Labute approximate surface area is 97.9 Å². The molecular formula is C9H16INO3. The van der Waals surface area contributed by atoms with Gasteiger partial charge in [0, 0.05) is 0 Å². The number of ether oxygens (including phenoxy) is 1. The lowest BCUT2D eigenvalue weighted by atomic mass is 10.2. The van der Waals surface area contributed by atoms with Crippen LogP contribution >= 0.6 is 22.6 Å². The molecule has 0 unspecified atom stereocenters. The van der Waals surface area contributed by atoms with Crippen molar-refractivity contribution in [1.29, 1.82) is 0 Å². The SMILES string of the molecule is C[C@@H](NC(=O)CI)C(=O)OC(C)(C)C. The Morgan fingerprint density at radius 1 is 1.43 bits per heavy atom. The molecule has 5 heteroatoms. The number of amides is 1. The molecule has 0 fully saturated rings. The first-order valence-corrected chi connectivity index (χ1v) is 5.87. The number of alkyl halides is 1. The van der Waals surface area contributed by atoms with E-state index in [2.05, 4.69) is 5.32 Å². The van der Waals surface area contributed by atoms with Crippen LogP contribution < -0.4 is 5.32 Å². The van der Waals surface area contributed by atoms with Crippen LogP contribution in [0.2, 0.25) is 0 Å². The van der Waals surface area contributed by atoms with Crippen LogP contribution in [0.4, 0.5) is 0 Å². The average molecular weight is 313 g/mol. The first kappa shape index (κ1) is 13.7. The third-order valence-electron chi connectivity index (χ3n) is 1.26. The number of rotatable bonds is 3. The minimum absolute atomic E-state index is 0.163. The lowest BCUT2D eigenvalue weighted by Crippen LogP contribution is -2.42. The first-order valence-electron chi connectivity index (χ1n) is 4.34. The third-order valence-corrected chi connectivity index (χ3v) is 1.95. The summed E-state index contributed by atoms with van der Waals surface area (Å²) in [6.07, 6.45) is 0. The zero-order valence-electron chi connectivity index (χ0n) is 8.89. The van der Waals surface area contributed by atoms with Crippen molar-refractivity contribution >= 4 is 34.5 Å². The zero-order valence-corrected chi connectivity index (χ0v) is 11.0. The van der Waals surface area contributed by atoms with Crippen molar-refractivity contribution in [2.24, 2.45) is 0 Å². The van der Waals surface area contributed by atoms with Crippen molar-refractivity contribution in [2.45, 2.75) is 39.3 Å². The molecule has 1 atom stereocenters. The van der Waals surface area contributed by atoms with Crippen LogP contribution in [0.25, 0.3) is 0 Å². The fraction of sp³-hybridized carbons (Fsp3) is 0.778. The highest BCUT2D eigenvalue weighted by atomic mass is 127. The Morgan fingerprint density at radius 3 is 2.29 bits per heavy atom. The standard InChI is InChI=1S/C9H16INO3/c1-6(11-7(12)5-10)8(13)14-9(2,3)4/h6H,5H2,1-4H3,(H,11,12)/t6-/m1/s1. The molecule has 0 aliphatic carbocycles. The quantitative estimate of drug-likeness (QED) is 0.485. The molecule has 4 nitrogen and oxygen atoms in total. The van der Waals surface area contributed by atoms with Crippen molar-refractivity contribution in [1.82, 2.24) is 5.32 Å². The van der Waals surface area contributed by atoms with Crippen molar-refractivity contribution in [3.8, 4) is 0 Å². The third kappa shape index (κ3) is 6.17. The highest BCUT2D eigenvalue weighted by molar-refractivity contribution is 14.1. The van der Waals surface area contributed by atoms with Gasteiger partial charge in [-0.3, -0.25) is 4.79 Å². The number of carbonyl (C=O) groups is 2. The molecule has 0 aromatic rings. The monoisotopic (exact) mass is 313 g/mol. The van der Waals surface area contributed by atoms with E-state index in [-0.39, 0.29) is 5.91 Å². The van der Waals surface area contributed by atoms with Gasteiger partial charge in [0.05, 0.1) is 4.43 Å². The van der Waals surface area contributed by atoms with Gasteiger partial charge < -0.3 is 10.1 Å². The van der Waals surface area contributed by atoms with E-state index in [1.807, 2.05) is 22.6 Å². The van der Waals surface area contributed by atoms with Gasteiger partial charge in [0.25, 0.3) is 0 Å². The Morgan fingerprint density at radius 2 is 1.93 bits per heavy atom. The molecule has 0 saturated heterocycles. The maximum Gasteiger partial charge on any atom is 0.328 e. The van der Waals surface area contributed by atoms with Gasteiger partial charge in [-0.25, -0.2) is 4.79 Å². The highest BCUT2D eigenvalue weighted by Crippen LogP contribution is 2.08. The van der Waals surface area contributed by atoms with E-state index in [1.165, 1.54) is 0 Å². The lowest BCUT2D eigenvalue weighted by molar-refractivity contribution is -0.157. The van der Waals surface area contributed by atoms with Gasteiger partial charge in [-0.15, -0.1) is 0 Å². The van der Waals surface area contributed by atoms with Crippen molar-refractivity contribution in [3.05, 3.63) is 0 Å². The van der Waals surface area contributed by atoms with E-state index in [1.54, 1.807) is 27.7 Å². The second-order valence-electron chi connectivity index (χ2n) is 3.96. The Kier molecular flexibility index (Phi) is 5.40. The molecule has 0 rings (SSSR count). The molecular weight excluding hydrogens is 297 g/mol. The van der Waals surface area contributed by atoms with E-state index < -0.39 is 17.6 Å². The van der Waals surface area contributed by atoms with E-state index in [9.17, 15) is 9.59 Å². The van der Waals surface area contributed by atoms with Crippen LogP contribution in [0.15, 0.2) is 0 Å². The molecule has 0 aromatic carbocycles. The van der Waals surface area contributed by atoms with Crippen LogP contribution in [0.1, 0.15) is 27.7 Å². The summed E-state index contributed by atoms with van der Waals surface area (Å²) < 4.78 is 5.43. The van der Waals surface area contributed by atoms with Gasteiger partial charge in [0.1, 0.15) is 11.6 Å². The number of esters is 1. The van der Waals surface area contributed by atoms with Gasteiger partial charge in [-0.1, -0.05) is 22.6 Å². The van der Waals surface area contributed by atoms with Gasteiger partial charge in [0.15, 0.2) is 0 Å². The van der Waals surface area contributed by atoms with E-state index in [0.29, 0.717) is 4.43 Å². The second-order valence-corrected chi connectivity index (χ2v) is 4.72. The zero-order chi connectivity index (χ0) is 11.4. The number of carbonyl (C=O) groups excluding carboxylic acids is 2. The summed E-state index contributed by atoms with van der Waals surface area (Å²) >= 11 is 1.93. The van der Waals surface area contributed by atoms with Crippen LogP contribution in [0.3, 0.4) is 0 Å². The largest absolute Gasteiger partial charge is 0.458 e. The molecule has 0 radical (unpaired) electrons. The molecule has 0 heterocycles. The molecule has 0 saturated carbocycles. The first-order chi connectivity index (χ1) is 6.26. The maximum atomic E-state index is 11.4. The minimum Gasteiger partial charge on any atom is -0.458 e. The van der Waals surface area contributed by atoms with Gasteiger partial charge in [-0.2, -0.15) is 0 Å². The van der Waals surface area contributed by atoms with Crippen molar-refractivity contribution in [2.75, 3.05) is 4.43 Å². The normalized spacial score (nSPS) is 13.2. The predicted octanol–water partition coefficient (Wildman–Crippen LogP) is 1.27. The lowest BCUT2D eigenvalue weighted by Gasteiger charge is -2.22. The average Bonchev–Trinajstić information content (AvgIpc) is 2.00. The summed E-state index contributed by atoms with van der Waals surface area (Å²) in [5.74, 6) is -0.570. The number of hydrogen-bond donors (Lipinski definition) is 1. The highest BCUT2D eigenvalue weighted by Gasteiger charge is 2.22. The summed E-state index contributed by atoms with van der Waals surface area (Å²) in [4.78, 5) is 22.3. The van der Waals surface area contributed by atoms with Crippen LogP contribution in [0.5, 0.6) is 0 Å². The van der Waals surface area contributed by atoms with Gasteiger partial charge in [-0.05, 0) is 27.7 Å². The fourth-order valence-corrected chi connectivity index (χ4v) is 0.949. The topological polar surface area (TPSA) is 55.4 Å². The summed E-state index contributed by atoms with van der Waals surface area (Å²) in [7, 11) is 0. The molecule has 14 heavy (non-hydrogen) atoms. The van der Waals surface area contributed by atoms with E-state index in [0.717, 1.165) is 0 Å².